The van der Waals surface area contributed by atoms with Crippen LogP contribution in [0.4, 0.5) is 5.95 Å². The van der Waals surface area contributed by atoms with Crippen LogP contribution in [0.15, 0.2) is 30.5 Å². The van der Waals surface area contributed by atoms with Crippen LogP contribution in [0.2, 0.25) is 4.34 Å². The number of ether oxygens (including phenoxy) is 1. The van der Waals surface area contributed by atoms with Gasteiger partial charge < -0.3 is 10.1 Å². The summed E-state index contributed by atoms with van der Waals surface area (Å²) in [6.07, 6.45) is 1.72. The average Bonchev–Trinajstić information content (AvgIpc) is 2.93. The molecule has 0 aliphatic carbocycles. The molecule has 8 heteroatoms. The van der Waals surface area contributed by atoms with Crippen LogP contribution < -0.4 is 5.32 Å². The summed E-state index contributed by atoms with van der Waals surface area (Å²) < 4.78 is 6.63. The van der Waals surface area contributed by atoms with E-state index in [0.29, 0.717) is 20.5 Å². The number of nitrogens with one attached hydrogen (secondary N) is 1. The Morgan fingerprint density at radius 2 is 2.08 bits per heavy atom. The molecule has 3 rings (SSSR count). The van der Waals surface area contributed by atoms with E-state index >= 15 is 0 Å². The highest BCUT2D eigenvalue weighted by Crippen LogP contribution is 2.32. The molecular weight excluding hydrogens is 372 g/mol. The molecule has 1 atom stereocenters. The van der Waals surface area contributed by atoms with Gasteiger partial charge in [0, 0.05) is 6.20 Å². The Hall–Kier alpha value is -2.25. The summed E-state index contributed by atoms with van der Waals surface area (Å²) in [5.41, 5.74) is 1.03. The van der Waals surface area contributed by atoms with Gasteiger partial charge in [0.15, 0.2) is 5.69 Å². The fraction of sp³-hybridized carbons (Fsp3) is 0.333. The van der Waals surface area contributed by atoms with Gasteiger partial charge in [-0.3, -0.25) is 4.98 Å². The van der Waals surface area contributed by atoms with E-state index in [9.17, 15) is 4.79 Å². The second-order valence-electron chi connectivity index (χ2n) is 6.78. The first-order valence-corrected chi connectivity index (χ1v) is 9.30. The Morgan fingerprint density at radius 3 is 2.73 bits per heavy atom. The van der Waals surface area contributed by atoms with Gasteiger partial charge in [-0.1, -0.05) is 17.7 Å². The number of anilines is 1. The highest BCUT2D eigenvalue weighted by Gasteiger charge is 2.24. The number of rotatable bonds is 4. The van der Waals surface area contributed by atoms with Gasteiger partial charge in [-0.05, 0) is 45.9 Å². The van der Waals surface area contributed by atoms with Crippen molar-refractivity contribution < 1.29 is 9.53 Å². The van der Waals surface area contributed by atoms with E-state index in [-0.39, 0.29) is 11.7 Å². The number of thiophene rings is 1. The molecule has 0 radical (unpaired) electrons. The molecule has 0 bridgehead atoms. The number of carbonyl (C=O) groups is 1. The van der Waals surface area contributed by atoms with Gasteiger partial charge in [0.2, 0.25) is 5.95 Å². The lowest BCUT2D eigenvalue weighted by Gasteiger charge is -2.19. The monoisotopic (exact) mass is 390 g/mol. The number of halogens is 1. The van der Waals surface area contributed by atoms with Gasteiger partial charge in [-0.25, -0.2) is 14.8 Å². The fourth-order valence-electron chi connectivity index (χ4n) is 2.33. The van der Waals surface area contributed by atoms with Crippen molar-refractivity contribution in [3.8, 4) is 0 Å². The maximum absolute atomic E-state index is 12.6. The molecule has 0 aliphatic rings. The second kappa shape index (κ2) is 7.17. The van der Waals surface area contributed by atoms with Crippen LogP contribution in [0, 0.1) is 0 Å². The zero-order valence-electron chi connectivity index (χ0n) is 14.9. The zero-order valence-corrected chi connectivity index (χ0v) is 16.5. The molecule has 3 aromatic heterocycles. The lowest BCUT2D eigenvalue weighted by atomic mass is 10.2. The first-order valence-electron chi connectivity index (χ1n) is 8.11. The van der Waals surface area contributed by atoms with Gasteiger partial charge in [0.25, 0.3) is 0 Å². The SMILES string of the molecule is C[C@H](Nc1nc(C(=O)OC(C)(C)C)c2sc(Cl)cc2n1)c1ccccn1. The first kappa shape index (κ1) is 18.5. The minimum atomic E-state index is -0.621. The van der Waals surface area contributed by atoms with Crippen molar-refractivity contribution in [1.29, 1.82) is 0 Å². The number of pyridine rings is 1. The Balaban J connectivity index is 1.98. The smallest absolute Gasteiger partial charge is 0.359 e. The van der Waals surface area contributed by atoms with E-state index in [1.54, 1.807) is 12.3 Å². The molecule has 0 amide bonds. The lowest BCUT2D eigenvalue weighted by Crippen LogP contribution is -2.25. The molecule has 0 aromatic carbocycles. The summed E-state index contributed by atoms with van der Waals surface area (Å²) in [7, 11) is 0. The van der Waals surface area contributed by atoms with Crippen molar-refractivity contribution in [1.82, 2.24) is 15.0 Å². The molecule has 26 heavy (non-hydrogen) atoms. The summed E-state index contributed by atoms with van der Waals surface area (Å²) >= 11 is 7.37. The topological polar surface area (TPSA) is 77.0 Å². The van der Waals surface area contributed by atoms with Gasteiger partial charge >= 0.3 is 5.97 Å². The summed E-state index contributed by atoms with van der Waals surface area (Å²) in [6, 6.07) is 7.26. The minimum Gasteiger partial charge on any atom is -0.455 e. The number of fused-ring (bicyclic) bond motifs is 1. The van der Waals surface area contributed by atoms with E-state index in [0.717, 1.165) is 5.69 Å². The molecule has 0 spiro atoms. The number of aromatic nitrogens is 3. The third kappa shape index (κ3) is 4.28. The maximum atomic E-state index is 12.6. The molecule has 0 fully saturated rings. The maximum Gasteiger partial charge on any atom is 0.359 e. The van der Waals surface area contributed by atoms with Crippen LogP contribution in [-0.2, 0) is 4.74 Å². The van der Waals surface area contributed by atoms with Gasteiger partial charge in [0.05, 0.1) is 26.3 Å². The van der Waals surface area contributed by atoms with Gasteiger partial charge in [-0.2, -0.15) is 0 Å². The molecule has 3 aromatic rings. The van der Waals surface area contributed by atoms with Crippen LogP contribution in [0.3, 0.4) is 0 Å². The molecule has 1 N–H and O–H groups in total. The van der Waals surface area contributed by atoms with Crippen LogP contribution in [0.25, 0.3) is 10.2 Å². The minimum absolute atomic E-state index is 0.130. The van der Waals surface area contributed by atoms with Crippen molar-refractivity contribution in [3.05, 3.63) is 46.2 Å². The van der Waals surface area contributed by atoms with Gasteiger partial charge in [0.1, 0.15) is 5.60 Å². The highest BCUT2D eigenvalue weighted by molar-refractivity contribution is 7.22. The van der Waals surface area contributed by atoms with Crippen LogP contribution in [0.5, 0.6) is 0 Å². The summed E-state index contributed by atoms with van der Waals surface area (Å²) in [4.78, 5) is 25.8. The predicted octanol–water partition coefficient (Wildman–Crippen LogP) is 4.87. The van der Waals surface area contributed by atoms with E-state index in [4.69, 9.17) is 16.3 Å². The number of hydrogen-bond donors (Lipinski definition) is 1. The molecule has 136 valence electrons. The first-order chi connectivity index (χ1) is 12.2. The Kier molecular flexibility index (Phi) is 5.11. The lowest BCUT2D eigenvalue weighted by molar-refractivity contribution is 0.00656. The van der Waals surface area contributed by atoms with Crippen molar-refractivity contribution in [2.75, 3.05) is 5.32 Å². The molecule has 0 unspecified atom stereocenters. The van der Waals surface area contributed by atoms with E-state index in [1.807, 2.05) is 45.9 Å². The third-order valence-corrected chi connectivity index (χ3v) is 4.67. The second-order valence-corrected chi connectivity index (χ2v) is 8.47. The fourth-order valence-corrected chi connectivity index (χ4v) is 3.46. The van der Waals surface area contributed by atoms with Crippen LogP contribution in [0.1, 0.15) is 49.9 Å². The molecule has 3 heterocycles. The number of hydrogen-bond acceptors (Lipinski definition) is 7. The molecule has 0 aliphatic heterocycles. The largest absolute Gasteiger partial charge is 0.455 e. The summed E-state index contributed by atoms with van der Waals surface area (Å²) in [6.45, 7) is 7.39. The van der Waals surface area contributed by atoms with Gasteiger partial charge in [-0.15, -0.1) is 11.3 Å². The Bertz CT molecular complexity index is 938. The van der Waals surface area contributed by atoms with Crippen molar-refractivity contribution in [2.45, 2.75) is 39.3 Å². The molecule has 6 nitrogen and oxygen atoms in total. The number of esters is 1. The van der Waals surface area contributed by atoms with E-state index in [1.165, 1.54) is 11.3 Å². The van der Waals surface area contributed by atoms with E-state index < -0.39 is 11.6 Å². The van der Waals surface area contributed by atoms with E-state index in [2.05, 4.69) is 20.3 Å². The predicted molar refractivity (Wildman–Crippen MR) is 104 cm³/mol. The third-order valence-electron chi connectivity index (χ3n) is 3.41. The Morgan fingerprint density at radius 1 is 1.31 bits per heavy atom. The van der Waals surface area contributed by atoms with Crippen molar-refractivity contribution in [3.63, 3.8) is 0 Å². The molecular formula is C18H19ClN4O2S. The number of nitrogens with zero attached hydrogens (tertiary/aromatic N) is 3. The normalized spacial score (nSPS) is 12.8. The van der Waals surface area contributed by atoms with Crippen molar-refractivity contribution >= 4 is 45.1 Å². The van der Waals surface area contributed by atoms with Crippen molar-refractivity contribution in [2.24, 2.45) is 0 Å². The molecule has 0 saturated heterocycles. The highest BCUT2D eigenvalue weighted by atomic mass is 35.5. The number of carbonyl (C=O) groups excluding carboxylic acids is 1. The van der Waals surface area contributed by atoms with Crippen LogP contribution in [-0.4, -0.2) is 26.5 Å². The quantitative estimate of drug-likeness (QED) is 0.640. The molecule has 0 saturated carbocycles. The van der Waals surface area contributed by atoms with Crippen LogP contribution >= 0.6 is 22.9 Å². The summed E-state index contributed by atoms with van der Waals surface area (Å²) in [5.74, 6) is -0.178. The Labute approximate surface area is 160 Å². The average molecular weight is 391 g/mol. The standard InChI is InChI=1S/C18H19ClN4O2S/c1-10(11-7-5-6-8-20-11)21-17-22-12-9-13(19)26-15(12)14(23-17)16(24)25-18(2,3)4/h5-10H,1-4H3,(H,21,22,23)/t10-/m0/s1. The summed E-state index contributed by atoms with van der Waals surface area (Å²) in [5, 5.41) is 3.19. The zero-order chi connectivity index (χ0) is 18.9.